The highest BCUT2D eigenvalue weighted by atomic mass is 32.2. The summed E-state index contributed by atoms with van der Waals surface area (Å²) in [6, 6.07) is 8.80. The Labute approximate surface area is 167 Å². The lowest BCUT2D eigenvalue weighted by atomic mass is 10.2. The van der Waals surface area contributed by atoms with E-state index in [-0.39, 0.29) is 26.8 Å². The highest BCUT2D eigenvalue weighted by molar-refractivity contribution is 7.92. The Kier molecular flexibility index (Phi) is 5.84. The van der Waals surface area contributed by atoms with E-state index in [2.05, 4.69) is 20.2 Å². The van der Waals surface area contributed by atoms with E-state index in [1.807, 2.05) is 0 Å². The summed E-state index contributed by atoms with van der Waals surface area (Å²) >= 11 is 0.552. The summed E-state index contributed by atoms with van der Waals surface area (Å²) in [5, 5.41) is 8.46. The Hall–Kier alpha value is -2.99. The summed E-state index contributed by atoms with van der Waals surface area (Å²) in [6.07, 6.45) is -2.78. The van der Waals surface area contributed by atoms with Crippen molar-refractivity contribution in [2.75, 3.05) is 10.0 Å². The number of alkyl halides is 2. The minimum Gasteiger partial charge on any atom is -0.296 e. The molecule has 0 saturated heterocycles. The van der Waals surface area contributed by atoms with E-state index in [4.69, 9.17) is 0 Å². The molecule has 1 heterocycles. The third-order valence-electron chi connectivity index (χ3n) is 3.69. The Morgan fingerprint density at radius 1 is 1.10 bits per heavy atom. The third kappa shape index (κ3) is 4.90. The van der Waals surface area contributed by atoms with E-state index < -0.39 is 33.2 Å². The summed E-state index contributed by atoms with van der Waals surface area (Å²) < 4.78 is 65.5. The number of nitrogens with zero attached hydrogens (tertiary/aromatic N) is 2. The molecule has 1 aromatic heterocycles. The number of rotatable bonds is 6. The van der Waals surface area contributed by atoms with Crippen LogP contribution in [0.25, 0.3) is 0 Å². The van der Waals surface area contributed by atoms with Crippen LogP contribution in [0.4, 0.5) is 24.0 Å². The molecule has 3 aromatic rings. The fraction of sp³-hybridized carbons (Fsp3) is 0.118. The lowest BCUT2D eigenvalue weighted by Gasteiger charge is -2.09. The average molecular weight is 442 g/mol. The number of aryl methyl sites for hydroxylation is 1. The second-order valence-electron chi connectivity index (χ2n) is 5.79. The van der Waals surface area contributed by atoms with Crippen molar-refractivity contribution in [1.82, 2.24) is 10.2 Å². The number of halogens is 3. The van der Waals surface area contributed by atoms with E-state index in [1.54, 1.807) is 0 Å². The molecule has 0 aliphatic carbocycles. The van der Waals surface area contributed by atoms with Crippen molar-refractivity contribution >= 4 is 38.1 Å². The predicted molar refractivity (Wildman–Crippen MR) is 101 cm³/mol. The van der Waals surface area contributed by atoms with Gasteiger partial charge < -0.3 is 0 Å². The molecule has 29 heavy (non-hydrogen) atoms. The first-order chi connectivity index (χ1) is 13.7. The van der Waals surface area contributed by atoms with Gasteiger partial charge in [-0.3, -0.25) is 14.8 Å². The molecular weight excluding hydrogens is 429 g/mol. The lowest BCUT2D eigenvalue weighted by molar-refractivity contribution is 0.102. The van der Waals surface area contributed by atoms with Crippen LogP contribution in [0.2, 0.25) is 0 Å². The molecule has 12 heteroatoms. The van der Waals surface area contributed by atoms with Crippen molar-refractivity contribution in [1.29, 1.82) is 0 Å². The number of nitrogens with one attached hydrogen (secondary N) is 2. The Morgan fingerprint density at radius 2 is 1.79 bits per heavy atom. The van der Waals surface area contributed by atoms with Crippen LogP contribution in [-0.2, 0) is 10.0 Å². The van der Waals surface area contributed by atoms with Crippen LogP contribution < -0.4 is 10.0 Å². The van der Waals surface area contributed by atoms with Crippen molar-refractivity contribution in [2.45, 2.75) is 18.2 Å². The monoisotopic (exact) mass is 442 g/mol. The number of carbonyl (C=O) groups excluding carboxylic acids is 1. The SMILES string of the molecule is Cc1cc(S(=O)(=O)Nc2ccc(C(=O)Nc3nnc(C(F)F)s3)cc2)ccc1F. The molecule has 1 amide bonds. The third-order valence-corrected chi connectivity index (χ3v) is 5.91. The van der Waals surface area contributed by atoms with Crippen LogP contribution in [0.1, 0.15) is 27.4 Å². The van der Waals surface area contributed by atoms with Crippen molar-refractivity contribution in [3.05, 3.63) is 64.4 Å². The molecule has 0 aliphatic heterocycles. The topological polar surface area (TPSA) is 101 Å². The zero-order valence-corrected chi connectivity index (χ0v) is 16.3. The van der Waals surface area contributed by atoms with E-state index in [0.29, 0.717) is 11.3 Å². The van der Waals surface area contributed by atoms with Gasteiger partial charge in [0.25, 0.3) is 22.4 Å². The van der Waals surface area contributed by atoms with Crippen LogP contribution in [0.5, 0.6) is 0 Å². The number of benzene rings is 2. The van der Waals surface area contributed by atoms with Crippen molar-refractivity contribution in [3.8, 4) is 0 Å². The van der Waals surface area contributed by atoms with Crippen molar-refractivity contribution in [2.24, 2.45) is 0 Å². The van der Waals surface area contributed by atoms with Gasteiger partial charge in [0, 0.05) is 11.3 Å². The largest absolute Gasteiger partial charge is 0.296 e. The van der Waals surface area contributed by atoms with Gasteiger partial charge in [0.15, 0.2) is 5.01 Å². The summed E-state index contributed by atoms with van der Waals surface area (Å²) in [5.74, 6) is -1.14. The number of sulfonamides is 1. The molecule has 3 rings (SSSR count). The number of hydrogen-bond acceptors (Lipinski definition) is 6. The van der Waals surface area contributed by atoms with Gasteiger partial charge in [0.2, 0.25) is 5.13 Å². The minimum atomic E-state index is -3.94. The number of anilines is 2. The molecule has 0 fully saturated rings. The fourth-order valence-electron chi connectivity index (χ4n) is 2.23. The van der Waals surface area contributed by atoms with E-state index in [1.165, 1.54) is 37.3 Å². The quantitative estimate of drug-likeness (QED) is 0.602. The van der Waals surface area contributed by atoms with E-state index >= 15 is 0 Å². The number of aromatic nitrogens is 2. The summed E-state index contributed by atoms with van der Waals surface area (Å²) in [7, 11) is -3.94. The normalized spacial score (nSPS) is 11.5. The Morgan fingerprint density at radius 3 is 2.38 bits per heavy atom. The highest BCUT2D eigenvalue weighted by Gasteiger charge is 2.17. The van der Waals surface area contributed by atoms with Crippen LogP contribution in [0, 0.1) is 12.7 Å². The van der Waals surface area contributed by atoms with Crippen LogP contribution in [0.15, 0.2) is 47.4 Å². The van der Waals surface area contributed by atoms with E-state index in [0.717, 1.165) is 12.1 Å². The zero-order valence-electron chi connectivity index (χ0n) is 14.7. The van der Waals surface area contributed by atoms with Crippen molar-refractivity contribution in [3.63, 3.8) is 0 Å². The van der Waals surface area contributed by atoms with Crippen molar-refractivity contribution < 1.29 is 26.4 Å². The smallest absolute Gasteiger partial charge is 0.291 e. The number of hydrogen-bond donors (Lipinski definition) is 2. The molecule has 0 spiro atoms. The Balaban J connectivity index is 1.70. The molecule has 2 N–H and O–H groups in total. The van der Waals surface area contributed by atoms with Gasteiger partial charge in [-0.25, -0.2) is 21.6 Å². The molecule has 152 valence electrons. The first-order valence-corrected chi connectivity index (χ1v) is 10.3. The summed E-state index contributed by atoms with van der Waals surface area (Å²) in [5.41, 5.74) is 0.519. The second-order valence-corrected chi connectivity index (χ2v) is 8.49. The first-order valence-electron chi connectivity index (χ1n) is 7.97. The van der Waals surface area contributed by atoms with Gasteiger partial charge in [0.05, 0.1) is 4.90 Å². The van der Waals surface area contributed by atoms with Gasteiger partial charge in [0.1, 0.15) is 5.82 Å². The molecule has 0 unspecified atom stereocenters. The maximum Gasteiger partial charge on any atom is 0.291 e. The van der Waals surface area contributed by atoms with Gasteiger partial charge in [-0.2, -0.15) is 0 Å². The van der Waals surface area contributed by atoms with Gasteiger partial charge in [-0.05, 0) is 55.0 Å². The highest BCUT2D eigenvalue weighted by Crippen LogP contribution is 2.25. The van der Waals surface area contributed by atoms with Crippen LogP contribution in [-0.4, -0.2) is 24.5 Å². The molecular formula is C17H13F3N4O3S2. The van der Waals surface area contributed by atoms with E-state index in [9.17, 15) is 26.4 Å². The molecule has 0 radical (unpaired) electrons. The fourth-order valence-corrected chi connectivity index (χ4v) is 3.97. The molecule has 7 nitrogen and oxygen atoms in total. The van der Waals surface area contributed by atoms with Gasteiger partial charge in [-0.15, -0.1) is 10.2 Å². The molecule has 0 saturated carbocycles. The standard InChI is InChI=1S/C17H13F3N4O3S2/c1-9-8-12(6-7-13(9)18)29(26,27)24-11-4-2-10(3-5-11)15(25)21-17-23-22-16(28-17)14(19)20/h2-8,14,24H,1H3,(H,21,23,25). The average Bonchev–Trinajstić information content (AvgIpc) is 3.13. The predicted octanol–water partition coefficient (Wildman–Crippen LogP) is 3.98. The van der Waals surface area contributed by atoms with Gasteiger partial charge >= 0.3 is 0 Å². The number of amides is 1. The Bertz CT molecular complexity index is 1150. The number of carbonyl (C=O) groups is 1. The van der Waals surface area contributed by atoms with Gasteiger partial charge in [-0.1, -0.05) is 11.3 Å². The minimum absolute atomic E-state index is 0.0817. The lowest BCUT2D eigenvalue weighted by Crippen LogP contribution is -2.14. The molecule has 2 aromatic carbocycles. The maximum atomic E-state index is 13.3. The molecule has 0 atom stereocenters. The van der Waals surface area contributed by atoms with Crippen LogP contribution >= 0.6 is 11.3 Å². The second kappa shape index (κ2) is 8.17. The zero-order chi connectivity index (χ0) is 21.2. The van der Waals surface area contributed by atoms with Crippen LogP contribution in [0.3, 0.4) is 0 Å². The summed E-state index contributed by atoms with van der Waals surface area (Å²) in [6.45, 7) is 1.45. The molecule has 0 bridgehead atoms. The maximum absolute atomic E-state index is 13.3. The first kappa shape index (κ1) is 20.7. The summed E-state index contributed by atoms with van der Waals surface area (Å²) in [4.78, 5) is 12.0. The molecule has 0 aliphatic rings.